The van der Waals surface area contributed by atoms with Crippen molar-refractivity contribution in [1.29, 1.82) is 0 Å². The molecule has 1 atom stereocenters. The van der Waals surface area contributed by atoms with Crippen molar-refractivity contribution >= 4 is 17.2 Å². The molecule has 0 bridgehead atoms. The SMILES string of the molecule is O=C(Cc1ccccc1F)NCC1CCCN(Cc2cccs2)C1. The molecule has 1 saturated heterocycles. The highest BCUT2D eigenvalue weighted by Gasteiger charge is 2.20. The summed E-state index contributed by atoms with van der Waals surface area (Å²) in [6, 6.07) is 10.7. The predicted octanol–water partition coefficient (Wildman–Crippen LogP) is 3.46. The van der Waals surface area contributed by atoms with E-state index in [1.807, 2.05) is 0 Å². The molecule has 0 aliphatic carbocycles. The molecule has 1 N–H and O–H groups in total. The molecule has 128 valence electrons. The van der Waals surface area contributed by atoms with E-state index >= 15 is 0 Å². The third-order valence-corrected chi connectivity index (χ3v) is 5.32. The number of likely N-dealkylation sites (tertiary alicyclic amines) is 1. The van der Waals surface area contributed by atoms with Crippen molar-refractivity contribution in [2.24, 2.45) is 5.92 Å². The molecule has 1 unspecified atom stereocenters. The molecule has 0 spiro atoms. The van der Waals surface area contributed by atoms with E-state index in [0.29, 0.717) is 18.0 Å². The lowest BCUT2D eigenvalue weighted by Crippen LogP contribution is -2.40. The Morgan fingerprint density at radius 3 is 2.96 bits per heavy atom. The molecule has 1 aromatic heterocycles. The van der Waals surface area contributed by atoms with Gasteiger partial charge < -0.3 is 5.32 Å². The average Bonchev–Trinajstić information content (AvgIpc) is 3.08. The maximum absolute atomic E-state index is 13.6. The van der Waals surface area contributed by atoms with Gasteiger partial charge >= 0.3 is 0 Å². The molecule has 1 aliphatic heterocycles. The van der Waals surface area contributed by atoms with Gasteiger partial charge in [-0.3, -0.25) is 9.69 Å². The van der Waals surface area contributed by atoms with Gasteiger partial charge in [0.2, 0.25) is 5.91 Å². The van der Waals surface area contributed by atoms with Crippen LogP contribution in [0.1, 0.15) is 23.3 Å². The molecule has 1 amide bonds. The third-order valence-electron chi connectivity index (χ3n) is 4.46. The highest BCUT2D eigenvalue weighted by atomic mass is 32.1. The van der Waals surface area contributed by atoms with Crippen LogP contribution in [0.2, 0.25) is 0 Å². The number of hydrogen-bond donors (Lipinski definition) is 1. The fourth-order valence-electron chi connectivity index (χ4n) is 3.22. The van der Waals surface area contributed by atoms with E-state index in [2.05, 4.69) is 27.7 Å². The summed E-state index contributed by atoms with van der Waals surface area (Å²) in [6.45, 7) is 3.81. The monoisotopic (exact) mass is 346 g/mol. The molecule has 1 fully saturated rings. The van der Waals surface area contributed by atoms with E-state index in [9.17, 15) is 9.18 Å². The molecule has 3 nitrogen and oxygen atoms in total. The third kappa shape index (κ3) is 4.89. The quantitative estimate of drug-likeness (QED) is 0.869. The highest BCUT2D eigenvalue weighted by Crippen LogP contribution is 2.20. The summed E-state index contributed by atoms with van der Waals surface area (Å²) in [5, 5.41) is 5.09. The zero-order valence-corrected chi connectivity index (χ0v) is 14.5. The van der Waals surface area contributed by atoms with E-state index in [0.717, 1.165) is 26.1 Å². The number of amides is 1. The number of nitrogens with one attached hydrogen (secondary N) is 1. The Morgan fingerprint density at radius 2 is 2.17 bits per heavy atom. The molecule has 0 radical (unpaired) electrons. The number of piperidine rings is 1. The van der Waals surface area contributed by atoms with Crippen LogP contribution in [0.5, 0.6) is 0 Å². The van der Waals surface area contributed by atoms with E-state index in [1.165, 1.54) is 17.4 Å². The summed E-state index contributed by atoms with van der Waals surface area (Å²) in [4.78, 5) is 15.9. The van der Waals surface area contributed by atoms with Gasteiger partial charge in [-0.05, 0) is 48.4 Å². The van der Waals surface area contributed by atoms with Crippen LogP contribution in [-0.4, -0.2) is 30.4 Å². The summed E-state index contributed by atoms with van der Waals surface area (Å²) < 4.78 is 13.6. The summed E-state index contributed by atoms with van der Waals surface area (Å²) in [5.41, 5.74) is 0.456. The first-order chi connectivity index (χ1) is 11.7. The van der Waals surface area contributed by atoms with Crippen LogP contribution in [0.25, 0.3) is 0 Å². The van der Waals surface area contributed by atoms with Gasteiger partial charge in [0.25, 0.3) is 0 Å². The van der Waals surface area contributed by atoms with Crippen LogP contribution in [0.3, 0.4) is 0 Å². The first-order valence-corrected chi connectivity index (χ1v) is 9.33. The fourth-order valence-corrected chi connectivity index (χ4v) is 3.97. The lowest BCUT2D eigenvalue weighted by Gasteiger charge is -2.32. The first kappa shape index (κ1) is 17.1. The van der Waals surface area contributed by atoms with E-state index in [1.54, 1.807) is 29.5 Å². The number of nitrogens with zero attached hydrogens (tertiary/aromatic N) is 1. The van der Waals surface area contributed by atoms with Crippen molar-refractivity contribution in [3.05, 3.63) is 58.0 Å². The number of halogens is 1. The molecule has 2 heterocycles. The summed E-state index contributed by atoms with van der Waals surface area (Å²) >= 11 is 1.79. The van der Waals surface area contributed by atoms with Crippen molar-refractivity contribution in [2.45, 2.75) is 25.8 Å². The molecule has 2 aromatic rings. The van der Waals surface area contributed by atoms with Crippen LogP contribution < -0.4 is 5.32 Å². The van der Waals surface area contributed by atoms with E-state index in [-0.39, 0.29) is 18.1 Å². The summed E-state index contributed by atoms with van der Waals surface area (Å²) in [5.74, 6) is 0.0613. The lowest BCUT2D eigenvalue weighted by molar-refractivity contribution is -0.120. The second-order valence-corrected chi connectivity index (χ2v) is 7.43. The number of carbonyl (C=O) groups excluding carboxylic acids is 1. The van der Waals surface area contributed by atoms with Crippen molar-refractivity contribution in [1.82, 2.24) is 10.2 Å². The van der Waals surface area contributed by atoms with Crippen LogP contribution in [0, 0.1) is 11.7 Å². The molecule has 5 heteroatoms. The predicted molar refractivity (Wildman–Crippen MR) is 95.4 cm³/mol. The van der Waals surface area contributed by atoms with Crippen LogP contribution in [0.15, 0.2) is 41.8 Å². The molecule has 24 heavy (non-hydrogen) atoms. The smallest absolute Gasteiger partial charge is 0.224 e. The Balaban J connectivity index is 1.44. The highest BCUT2D eigenvalue weighted by molar-refractivity contribution is 7.09. The van der Waals surface area contributed by atoms with Gasteiger partial charge in [0.15, 0.2) is 0 Å². The second kappa shape index (κ2) is 8.40. The van der Waals surface area contributed by atoms with Crippen molar-refractivity contribution in [3.8, 4) is 0 Å². The first-order valence-electron chi connectivity index (χ1n) is 8.45. The topological polar surface area (TPSA) is 32.3 Å². The second-order valence-electron chi connectivity index (χ2n) is 6.39. The fraction of sp³-hybridized carbons (Fsp3) is 0.421. The molecule has 1 aromatic carbocycles. The lowest BCUT2D eigenvalue weighted by atomic mass is 9.98. The minimum Gasteiger partial charge on any atom is -0.355 e. The molecular formula is C19H23FN2OS. The summed E-state index contributed by atoms with van der Waals surface area (Å²) in [6.07, 6.45) is 2.42. The minimum atomic E-state index is -0.313. The standard InChI is InChI=1S/C19H23FN2OS/c20-18-8-2-1-6-16(18)11-19(23)21-12-15-5-3-9-22(13-15)14-17-7-4-10-24-17/h1-2,4,6-8,10,15H,3,5,9,11-14H2,(H,21,23). The normalized spacial score (nSPS) is 18.5. The Kier molecular flexibility index (Phi) is 5.99. The number of hydrogen-bond acceptors (Lipinski definition) is 3. The van der Waals surface area contributed by atoms with Gasteiger partial charge in [-0.25, -0.2) is 4.39 Å². The number of carbonyl (C=O) groups is 1. The van der Waals surface area contributed by atoms with Gasteiger partial charge in [0.05, 0.1) is 6.42 Å². The van der Waals surface area contributed by atoms with E-state index in [4.69, 9.17) is 0 Å². The number of thiophene rings is 1. The molecule has 3 rings (SSSR count). The minimum absolute atomic E-state index is 0.101. The van der Waals surface area contributed by atoms with Gasteiger partial charge in [-0.1, -0.05) is 24.3 Å². The average molecular weight is 346 g/mol. The Morgan fingerprint density at radius 1 is 1.29 bits per heavy atom. The Hall–Kier alpha value is -1.72. The van der Waals surface area contributed by atoms with Crippen molar-refractivity contribution < 1.29 is 9.18 Å². The largest absolute Gasteiger partial charge is 0.355 e. The summed E-state index contributed by atoms with van der Waals surface area (Å²) in [7, 11) is 0. The molecule has 1 aliphatic rings. The zero-order chi connectivity index (χ0) is 16.8. The van der Waals surface area contributed by atoms with Crippen LogP contribution in [0.4, 0.5) is 4.39 Å². The van der Waals surface area contributed by atoms with Gasteiger partial charge in [-0.15, -0.1) is 11.3 Å². The van der Waals surface area contributed by atoms with Gasteiger partial charge in [0, 0.05) is 24.5 Å². The zero-order valence-electron chi connectivity index (χ0n) is 13.7. The molecule has 0 saturated carbocycles. The Labute approximate surface area is 146 Å². The molecular weight excluding hydrogens is 323 g/mol. The van der Waals surface area contributed by atoms with E-state index < -0.39 is 0 Å². The van der Waals surface area contributed by atoms with Crippen LogP contribution >= 0.6 is 11.3 Å². The number of rotatable bonds is 6. The maximum atomic E-state index is 13.6. The van der Waals surface area contributed by atoms with Crippen molar-refractivity contribution in [3.63, 3.8) is 0 Å². The Bertz CT molecular complexity index is 659. The van der Waals surface area contributed by atoms with Crippen LogP contribution in [-0.2, 0) is 17.8 Å². The van der Waals surface area contributed by atoms with Gasteiger partial charge in [-0.2, -0.15) is 0 Å². The maximum Gasteiger partial charge on any atom is 0.224 e. The van der Waals surface area contributed by atoms with Crippen molar-refractivity contribution in [2.75, 3.05) is 19.6 Å². The van der Waals surface area contributed by atoms with Gasteiger partial charge in [0.1, 0.15) is 5.82 Å². The number of benzene rings is 1.